The summed E-state index contributed by atoms with van der Waals surface area (Å²) in [7, 11) is 0. The van der Waals surface area contributed by atoms with E-state index in [1.165, 1.54) is 0 Å². The fraction of sp³-hybridized carbons (Fsp3) is 0.923. The first kappa shape index (κ1) is 26.3. The predicted octanol–water partition coefficient (Wildman–Crippen LogP) is 4.52. The molecule has 1 N–H and O–H groups in total. The van der Waals surface area contributed by atoms with Gasteiger partial charge in [0.2, 0.25) is 0 Å². The Morgan fingerprint density at radius 3 is 1.15 bits per heavy atom. The highest BCUT2D eigenvalue weighted by atomic mass is 16.2. The second kappa shape index (κ2) is 8.71. The molecule has 0 bridgehead atoms. The third-order valence-corrected chi connectivity index (χ3v) is 8.69. The predicted molar refractivity (Wildman–Crippen MR) is 134 cm³/mol. The maximum absolute atomic E-state index is 13.2. The highest BCUT2D eigenvalue weighted by molar-refractivity contribution is 5.94. The zero-order valence-corrected chi connectivity index (χ0v) is 22.9. The summed E-state index contributed by atoms with van der Waals surface area (Å²) in [5.41, 5.74) is -0.00605. The molecule has 4 amide bonds. The van der Waals surface area contributed by atoms with Crippen LogP contribution in [0.15, 0.2) is 0 Å². The van der Waals surface area contributed by atoms with E-state index in [2.05, 4.69) is 84.4 Å². The van der Waals surface area contributed by atoms with Gasteiger partial charge in [0.25, 0.3) is 0 Å². The third kappa shape index (κ3) is 4.90. The molecule has 33 heavy (non-hydrogen) atoms. The Morgan fingerprint density at radius 1 is 0.636 bits per heavy atom. The molecule has 3 aliphatic heterocycles. The molecule has 3 rings (SSSR count). The van der Waals surface area contributed by atoms with Crippen molar-refractivity contribution in [2.45, 2.75) is 129 Å². The van der Waals surface area contributed by atoms with Crippen LogP contribution in [0, 0.1) is 0 Å². The number of carbonyl (C=O) groups is 2. The monoisotopic (exact) mass is 463 g/mol. The van der Waals surface area contributed by atoms with Crippen molar-refractivity contribution in [2.24, 2.45) is 0 Å². The number of piperidine rings is 2. The highest BCUT2D eigenvalue weighted by Crippen LogP contribution is 2.42. The fourth-order valence-electron chi connectivity index (χ4n) is 8.03. The standard InChI is InChI=1S/C26H49N5O2/c1-11-30-23(3,4)15-19(16-24(30,5)6)28-13-14-29(22(33)27-21(28)32)20-17-25(7,8)31(12-2)26(9,10)18-20/h19-20H,11-18H2,1-10H3,(H,27,32,33). The molecule has 7 nitrogen and oxygen atoms in total. The molecule has 0 saturated carbocycles. The Bertz CT molecular complexity index is 662. The molecule has 0 aromatic carbocycles. The Kier molecular flexibility index (Phi) is 6.93. The van der Waals surface area contributed by atoms with E-state index in [1.807, 2.05) is 9.80 Å². The van der Waals surface area contributed by atoms with Gasteiger partial charge in [-0.25, -0.2) is 9.59 Å². The third-order valence-electron chi connectivity index (χ3n) is 8.69. The molecule has 0 unspecified atom stereocenters. The van der Waals surface area contributed by atoms with Crippen LogP contribution in [0.25, 0.3) is 0 Å². The molecule has 3 fully saturated rings. The van der Waals surface area contributed by atoms with Crippen molar-refractivity contribution in [2.75, 3.05) is 26.2 Å². The number of hydrogen-bond acceptors (Lipinski definition) is 4. The van der Waals surface area contributed by atoms with Gasteiger partial charge in [0.1, 0.15) is 0 Å². The van der Waals surface area contributed by atoms with Crippen LogP contribution >= 0.6 is 0 Å². The average Bonchev–Trinajstić information content (AvgIpc) is 2.75. The van der Waals surface area contributed by atoms with E-state index in [0.717, 1.165) is 38.8 Å². The van der Waals surface area contributed by atoms with Gasteiger partial charge in [0.15, 0.2) is 0 Å². The molecule has 0 aliphatic carbocycles. The SMILES string of the molecule is CCN1C(C)(C)CC(N2CCN(C3CC(C)(C)N(CC)C(C)(C)C3)C(=O)NC2=O)CC1(C)C. The summed E-state index contributed by atoms with van der Waals surface area (Å²) in [5, 5.41) is 2.74. The minimum absolute atomic E-state index is 0.00151. The molecule has 3 heterocycles. The molecule has 0 atom stereocenters. The Balaban J connectivity index is 1.80. The van der Waals surface area contributed by atoms with Gasteiger partial charge in [-0.3, -0.25) is 15.1 Å². The number of rotatable bonds is 4. The zero-order valence-electron chi connectivity index (χ0n) is 22.9. The Morgan fingerprint density at radius 2 is 0.909 bits per heavy atom. The normalized spacial score (nSPS) is 29.2. The van der Waals surface area contributed by atoms with Crippen molar-refractivity contribution in [3.63, 3.8) is 0 Å². The maximum Gasteiger partial charge on any atom is 0.325 e. The van der Waals surface area contributed by atoms with Crippen LogP contribution in [0.5, 0.6) is 0 Å². The minimum Gasteiger partial charge on any atom is -0.320 e. The van der Waals surface area contributed by atoms with Crippen LogP contribution in [-0.4, -0.2) is 92.1 Å². The van der Waals surface area contributed by atoms with E-state index < -0.39 is 0 Å². The van der Waals surface area contributed by atoms with Crippen LogP contribution in [0.4, 0.5) is 9.59 Å². The summed E-state index contributed by atoms with van der Waals surface area (Å²) in [6.07, 6.45) is 3.67. The number of nitrogens with zero attached hydrogens (tertiary/aromatic N) is 4. The van der Waals surface area contributed by atoms with Gasteiger partial charge in [-0.2, -0.15) is 0 Å². The van der Waals surface area contributed by atoms with E-state index in [0.29, 0.717) is 13.1 Å². The highest BCUT2D eigenvalue weighted by Gasteiger charge is 2.50. The average molecular weight is 464 g/mol. The van der Waals surface area contributed by atoms with Crippen LogP contribution in [0.2, 0.25) is 0 Å². The van der Waals surface area contributed by atoms with Crippen LogP contribution < -0.4 is 5.32 Å². The number of imide groups is 1. The summed E-state index contributed by atoms with van der Waals surface area (Å²) < 4.78 is 0. The zero-order chi connectivity index (χ0) is 25.0. The molecule has 190 valence electrons. The number of nitrogens with one attached hydrogen (secondary N) is 1. The molecule has 0 aromatic heterocycles. The summed E-state index contributed by atoms with van der Waals surface area (Å²) in [6.45, 7) is 25.8. The summed E-state index contributed by atoms with van der Waals surface area (Å²) >= 11 is 0. The smallest absolute Gasteiger partial charge is 0.320 e. The molecule has 0 radical (unpaired) electrons. The van der Waals surface area contributed by atoms with E-state index in [-0.39, 0.29) is 46.3 Å². The van der Waals surface area contributed by atoms with Crippen molar-refractivity contribution in [3.8, 4) is 0 Å². The van der Waals surface area contributed by atoms with Crippen LogP contribution in [0.1, 0.15) is 94.9 Å². The fourth-order valence-corrected chi connectivity index (χ4v) is 8.03. The molecule has 0 aromatic rings. The number of hydrogen-bond donors (Lipinski definition) is 1. The second-order valence-electron chi connectivity index (χ2n) is 13.0. The lowest BCUT2D eigenvalue weighted by Crippen LogP contribution is -2.65. The molecule has 7 heteroatoms. The molecule has 3 saturated heterocycles. The summed E-state index contributed by atoms with van der Waals surface area (Å²) in [5.74, 6) is 0. The van der Waals surface area contributed by atoms with Gasteiger partial charge < -0.3 is 9.80 Å². The van der Waals surface area contributed by atoms with E-state index >= 15 is 0 Å². The van der Waals surface area contributed by atoms with Crippen molar-refractivity contribution < 1.29 is 9.59 Å². The van der Waals surface area contributed by atoms with Gasteiger partial charge in [-0.05, 0) is 94.2 Å². The van der Waals surface area contributed by atoms with Crippen molar-refractivity contribution in [1.29, 1.82) is 0 Å². The Hall–Kier alpha value is -1.34. The van der Waals surface area contributed by atoms with E-state index in [4.69, 9.17) is 0 Å². The molecular weight excluding hydrogens is 414 g/mol. The van der Waals surface area contributed by atoms with E-state index in [1.54, 1.807) is 0 Å². The van der Waals surface area contributed by atoms with Gasteiger partial charge in [0.05, 0.1) is 0 Å². The number of urea groups is 2. The number of carbonyl (C=O) groups excluding carboxylic acids is 2. The molecular formula is C26H49N5O2. The maximum atomic E-state index is 13.2. The molecule has 3 aliphatic rings. The lowest BCUT2D eigenvalue weighted by Gasteiger charge is -2.57. The Labute approximate surface area is 202 Å². The lowest BCUT2D eigenvalue weighted by molar-refractivity contribution is -0.0594. The van der Waals surface area contributed by atoms with Gasteiger partial charge in [-0.1, -0.05) is 13.8 Å². The number of amides is 4. The van der Waals surface area contributed by atoms with Gasteiger partial charge in [-0.15, -0.1) is 0 Å². The first-order chi connectivity index (χ1) is 15.1. The van der Waals surface area contributed by atoms with Gasteiger partial charge >= 0.3 is 12.1 Å². The van der Waals surface area contributed by atoms with Crippen LogP contribution in [0.3, 0.4) is 0 Å². The van der Waals surface area contributed by atoms with Crippen molar-refractivity contribution >= 4 is 12.1 Å². The lowest BCUT2D eigenvalue weighted by atomic mass is 9.76. The summed E-state index contributed by atoms with van der Waals surface area (Å²) in [4.78, 5) is 35.5. The largest absolute Gasteiger partial charge is 0.325 e. The van der Waals surface area contributed by atoms with Crippen LogP contribution in [-0.2, 0) is 0 Å². The topological polar surface area (TPSA) is 59.1 Å². The quantitative estimate of drug-likeness (QED) is 0.666. The molecule has 0 spiro atoms. The minimum atomic E-state index is -0.228. The number of likely N-dealkylation sites (tertiary alicyclic amines) is 2. The van der Waals surface area contributed by atoms with E-state index in [9.17, 15) is 9.59 Å². The second-order valence-corrected chi connectivity index (χ2v) is 13.0. The first-order valence-electron chi connectivity index (χ1n) is 13.0. The summed E-state index contributed by atoms with van der Waals surface area (Å²) in [6, 6.07) is -0.206. The van der Waals surface area contributed by atoms with Crippen molar-refractivity contribution in [1.82, 2.24) is 24.9 Å². The van der Waals surface area contributed by atoms with Gasteiger partial charge in [0, 0.05) is 47.3 Å². The first-order valence-corrected chi connectivity index (χ1v) is 13.0. The van der Waals surface area contributed by atoms with Crippen molar-refractivity contribution in [3.05, 3.63) is 0 Å².